The summed E-state index contributed by atoms with van der Waals surface area (Å²) < 4.78 is 16.3. The number of benzene rings is 1. The Kier molecular flexibility index (Phi) is 4.19. The molecule has 5 nitrogen and oxygen atoms in total. The Bertz CT molecular complexity index is 991. The molecule has 0 saturated heterocycles. The van der Waals surface area contributed by atoms with Gasteiger partial charge >= 0.3 is 5.97 Å². The van der Waals surface area contributed by atoms with Gasteiger partial charge in [0.25, 0.3) is 0 Å². The van der Waals surface area contributed by atoms with E-state index in [1.807, 2.05) is 13.8 Å². The zero-order chi connectivity index (χ0) is 17.4. The van der Waals surface area contributed by atoms with Gasteiger partial charge in [0.05, 0.1) is 11.4 Å². The highest BCUT2D eigenvalue weighted by Gasteiger charge is 2.15. The highest BCUT2D eigenvalue weighted by Crippen LogP contribution is 2.26. The van der Waals surface area contributed by atoms with E-state index in [2.05, 4.69) is 26.0 Å². The molecule has 0 aliphatic carbocycles. The normalized spacial score (nSPS) is 10.8. The second-order valence-corrected chi connectivity index (χ2v) is 6.43. The maximum Gasteiger partial charge on any atom is 0.354 e. The van der Waals surface area contributed by atoms with Gasteiger partial charge in [-0.1, -0.05) is 21.5 Å². The third kappa shape index (κ3) is 3.07. The van der Waals surface area contributed by atoms with E-state index >= 15 is 0 Å². The Labute approximate surface area is 145 Å². The van der Waals surface area contributed by atoms with Gasteiger partial charge in [-0.05, 0) is 44.2 Å². The van der Waals surface area contributed by atoms with E-state index in [1.165, 1.54) is 16.6 Å². The van der Waals surface area contributed by atoms with Crippen LogP contribution >= 0.6 is 15.9 Å². The molecule has 3 rings (SSSR count). The summed E-state index contributed by atoms with van der Waals surface area (Å²) in [6, 6.07) is 7.69. The monoisotopic (exact) mass is 389 g/mol. The first kappa shape index (κ1) is 16.3. The molecule has 0 bridgehead atoms. The molecule has 0 unspecified atom stereocenters. The number of carboxylic acid groups (broad SMARTS) is 1. The predicted molar refractivity (Wildman–Crippen MR) is 92.4 cm³/mol. The number of carboxylic acids is 1. The minimum Gasteiger partial charge on any atom is -0.477 e. The second-order valence-electron chi connectivity index (χ2n) is 5.52. The van der Waals surface area contributed by atoms with Crippen molar-refractivity contribution >= 4 is 33.6 Å². The Hall–Kier alpha value is -2.54. The number of carbonyl (C=O) groups is 1. The fraction of sp³-hybridized carbons (Fsp3) is 0.118. The van der Waals surface area contributed by atoms with Crippen molar-refractivity contribution < 1.29 is 14.3 Å². The summed E-state index contributed by atoms with van der Waals surface area (Å²) in [5, 5.41) is 13.6. The molecule has 2 aromatic heterocycles. The van der Waals surface area contributed by atoms with Crippen LogP contribution in [0.15, 0.2) is 40.4 Å². The summed E-state index contributed by atoms with van der Waals surface area (Å²) in [7, 11) is 0. The number of nitrogens with zero attached hydrogens (tertiary/aromatic N) is 3. The second kappa shape index (κ2) is 6.16. The van der Waals surface area contributed by atoms with Gasteiger partial charge < -0.3 is 5.11 Å². The van der Waals surface area contributed by atoms with Crippen molar-refractivity contribution in [2.45, 2.75) is 13.8 Å². The van der Waals surface area contributed by atoms with E-state index in [0.29, 0.717) is 27.1 Å². The average Bonchev–Trinajstić information content (AvgIpc) is 2.90. The smallest absolute Gasteiger partial charge is 0.354 e. The summed E-state index contributed by atoms with van der Waals surface area (Å²) in [6.07, 6.45) is 1.80. The third-order valence-electron chi connectivity index (χ3n) is 3.32. The van der Waals surface area contributed by atoms with E-state index in [4.69, 9.17) is 0 Å². The summed E-state index contributed by atoms with van der Waals surface area (Å²) in [5.41, 5.74) is 2.52. The van der Waals surface area contributed by atoms with Gasteiger partial charge in [-0.25, -0.2) is 18.7 Å². The van der Waals surface area contributed by atoms with Crippen LogP contribution < -0.4 is 0 Å². The minimum absolute atomic E-state index is 0.0854. The molecule has 0 atom stereocenters. The van der Waals surface area contributed by atoms with Crippen LogP contribution in [-0.4, -0.2) is 25.7 Å². The number of halogens is 2. The molecule has 0 aliphatic heterocycles. The molecular formula is C17H13BrFN3O2. The molecule has 24 heavy (non-hydrogen) atoms. The molecule has 0 saturated carbocycles. The minimum atomic E-state index is -1.13. The largest absolute Gasteiger partial charge is 0.477 e. The van der Waals surface area contributed by atoms with Crippen LogP contribution in [0.3, 0.4) is 0 Å². The molecule has 3 aromatic rings. The number of hydrogen-bond donors (Lipinski definition) is 1. The third-order valence-corrected chi connectivity index (χ3v) is 3.81. The Morgan fingerprint density at radius 3 is 2.67 bits per heavy atom. The maximum absolute atomic E-state index is 14.2. The Morgan fingerprint density at radius 2 is 2.04 bits per heavy atom. The lowest BCUT2D eigenvalue weighted by molar-refractivity contribution is 0.0690. The number of aromatic nitrogens is 3. The quantitative estimate of drug-likeness (QED) is 0.719. The average molecular weight is 390 g/mol. The van der Waals surface area contributed by atoms with Crippen molar-refractivity contribution in [2.24, 2.45) is 0 Å². The summed E-state index contributed by atoms with van der Waals surface area (Å²) in [4.78, 5) is 15.3. The molecule has 1 aromatic carbocycles. The molecule has 1 N–H and O–H groups in total. The molecule has 0 spiro atoms. The molecule has 122 valence electrons. The summed E-state index contributed by atoms with van der Waals surface area (Å²) >= 11 is 3.22. The first-order valence-electron chi connectivity index (χ1n) is 7.09. The number of aromatic carboxylic acids is 1. The van der Waals surface area contributed by atoms with E-state index in [-0.39, 0.29) is 5.69 Å². The molecule has 7 heteroatoms. The van der Waals surface area contributed by atoms with Gasteiger partial charge in [-0.3, -0.25) is 0 Å². The van der Waals surface area contributed by atoms with Gasteiger partial charge in [0.2, 0.25) is 0 Å². The topological polar surface area (TPSA) is 67.5 Å². The molecule has 0 aliphatic rings. The lowest BCUT2D eigenvalue weighted by Crippen LogP contribution is -2.05. The Balaban J connectivity index is 2.26. The van der Waals surface area contributed by atoms with Crippen molar-refractivity contribution in [3.63, 3.8) is 0 Å². The first-order valence-corrected chi connectivity index (χ1v) is 7.89. The molecule has 0 fully saturated rings. The maximum atomic E-state index is 14.2. The lowest BCUT2D eigenvalue weighted by atomic mass is 10.1. The number of rotatable bonds is 3. The Morgan fingerprint density at radius 1 is 1.29 bits per heavy atom. The van der Waals surface area contributed by atoms with Crippen LogP contribution in [0.2, 0.25) is 0 Å². The molecule has 2 heterocycles. The number of fused-ring (bicyclic) bond motifs is 1. The van der Waals surface area contributed by atoms with Gasteiger partial charge in [-0.2, -0.15) is 5.10 Å². The lowest BCUT2D eigenvalue weighted by Gasteiger charge is -2.02. The van der Waals surface area contributed by atoms with Crippen LogP contribution in [0, 0.1) is 5.82 Å². The van der Waals surface area contributed by atoms with Crippen molar-refractivity contribution in [3.8, 4) is 11.3 Å². The standard InChI is InChI=1S/C17H13BrFN3O2/c1-9(2)5-11-7-15(17(23)24)20-16-8-14(21-22(11)16)12-4-3-10(18)6-13(12)19/h3-8H,1-2H3,(H,23,24). The van der Waals surface area contributed by atoms with Crippen LogP contribution in [0.25, 0.3) is 23.0 Å². The fourth-order valence-electron chi connectivity index (χ4n) is 2.33. The highest BCUT2D eigenvalue weighted by molar-refractivity contribution is 9.10. The van der Waals surface area contributed by atoms with Gasteiger partial charge in [0.1, 0.15) is 5.82 Å². The van der Waals surface area contributed by atoms with E-state index in [9.17, 15) is 14.3 Å². The molecular weight excluding hydrogens is 377 g/mol. The first-order chi connectivity index (χ1) is 11.3. The van der Waals surface area contributed by atoms with E-state index in [1.54, 1.807) is 24.3 Å². The van der Waals surface area contributed by atoms with Crippen molar-refractivity contribution in [2.75, 3.05) is 0 Å². The van der Waals surface area contributed by atoms with E-state index in [0.717, 1.165) is 5.57 Å². The van der Waals surface area contributed by atoms with Crippen LogP contribution in [-0.2, 0) is 0 Å². The summed E-state index contributed by atoms with van der Waals surface area (Å²) in [5.74, 6) is -1.55. The van der Waals surface area contributed by atoms with Crippen molar-refractivity contribution in [1.82, 2.24) is 14.6 Å². The predicted octanol–water partition coefficient (Wildman–Crippen LogP) is 4.42. The van der Waals surface area contributed by atoms with Crippen LogP contribution in [0.1, 0.15) is 30.0 Å². The highest BCUT2D eigenvalue weighted by atomic mass is 79.9. The SMILES string of the molecule is CC(C)=Cc1cc(C(=O)O)nc2cc(-c3ccc(Br)cc3F)nn12. The molecule has 0 amide bonds. The van der Waals surface area contributed by atoms with Gasteiger partial charge in [0, 0.05) is 16.1 Å². The van der Waals surface area contributed by atoms with Gasteiger partial charge in [-0.15, -0.1) is 0 Å². The zero-order valence-corrected chi connectivity index (χ0v) is 14.5. The molecule has 0 radical (unpaired) electrons. The fourth-order valence-corrected chi connectivity index (χ4v) is 2.67. The van der Waals surface area contributed by atoms with Crippen LogP contribution in [0.5, 0.6) is 0 Å². The van der Waals surface area contributed by atoms with Crippen molar-refractivity contribution in [1.29, 1.82) is 0 Å². The van der Waals surface area contributed by atoms with E-state index < -0.39 is 11.8 Å². The van der Waals surface area contributed by atoms with Gasteiger partial charge in [0.15, 0.2) is 11.3 Å². The van der Waals surface area contributed by atoms with Crippen LogP contribution in [0.4, 0.5) is 4.39 Å². The number of hydrogen-bond acceptors (Lipinski definition) is 3. The zero-order valence-electron chi connectivity index (χ0n) is 12.9. The summed E-state index contributed by atoms with van der Waals surface area (Å²) in [6.45, 7) is 3.79. The van der Waals surface area contributed by atoms with Crippen molar-refractivity contribution in [3.05, 3.63) is 57.6 Å². The number of allylic oxidation sites excluding steroid dienone is 1.